The average Bonchev–Trinajstić information content (AvgIpc) is 2.61. The first-order chi connectivity index (χ1) is 11.6. The van der Waals surface area contributed by atoms with Gasteiger partial charge in [-0.05, 0) is 18.2 Å². The Bertz CT molecular complexity index is 770. The predicted octanol–water partition coefficient (Wildman–Crippen LogP) is 3.79. The maximum absolute atomic E-state index is 13.0. The average molecular weight is 321 g/mol. The molecule has 0 aliphatic rings. The van der Waals surface area contributed by atoms with Crippen LogP contribution >= 0.6 is 0 Å². The van der Waals surface area contributed by atoms with Gasteiger partial charge in [-0.15, -0.1) is 13.2 Å². The summed E-state index contributed by atoms with van der Waals surface area (Å²) in [7, 11) is 0. The number of rotatable bonds is 8. The molecule has 0 spiro atoms. The van der Waals surface area contributed by atoms with Crippen molar-refractivity contribution in [2.45, 2.75) is 0 Å². The van der Waals surface area contributed by atoms with E-state index in [0.29, 0.717) is 18.7 Å². The summed E-state index contributed by atoms with van der Waals surface area (Å²) in [6, 6.07) is 13.4. The second kappa shape index (κ2) is 7.92. The van der Waals surface area contributed by atoms with Gasteiger partial charge in [0.2, 0.25) is 0 Å². The summed E-state index contributed by atoms with van der Waals surface area (Å²) < 4.78 is 0. The Morgan fingerprint density at radius 1 is 0.875 bits per heavy atom. The minimum Gasteiger partial charge on any atom is -0.478 e. The molecule has 0 amide bonds. The van der Waals surface area contributed by atoms with Crippen molar-refractivity contribution in [3.05, 3.63) is 90.5 Å². The smallest absolute Gasteiger partial charge is 0.336 e. The zero-order chi connectivity index (χ0) is 17.5. The van der Waals surface area contributed by atoms with Crippen LogP contribution in [0.2, 0.25) is 0 Å². The zero-order valence-electron chi connectivity index (χ0n) is 13.3. The number of anilines is 1. The summed E-state index contributed by atoms with van der Waals surface area (Å²) in [5.74, 6) is -1.44. The molecule has 0 heterocycles. The molecule has 0 radical (unpaired) electrons. The van der Waals surface area contributed by atoms with Crippen molar-refractivity contribution < 1.29 is 14.7 Å². The van der Waals surface area contributed by atoms with E-state index < -0.39 is 5.97 Å². The molecule has 2 aromatic rings. The third-order valence-electron chi connectivity index (χ3n) is 3.59. The number of hydrogen-bond donors (Lipinski definition) is 1. The fraction of sp³-hybridized carbons (Fsp3) is 0.100. The summed E-state index contributed by atoms with van der Waals surface area (Å²) in [6.45, 7) is 8.58. The van der Waals surface area contributed by atoms with E-state index in [9.17, 15) is 14.7 Å². The summed E-state index contributed by atoms with van der Waals surface area (Å²) in [5.41, 5.74) is 1.35. The van der Waals surface area contributed by atoms with Crippen molar-refractivity contribution in [1.82, 2.24) is 0 Å². The van der Waals surface area contributed by atoms with Gasteiger partial charge in [0.1, 0.15) is 0 Å². The highest BCUT2D eigenvalue weighted by molar-refractivity contribution is 6.16. The molecule has 0 unspecified atom stereocenters. The van der Waals surface area contributed by atoms with E-state index in [-0.39, 0.29) is 16.9 Å². The van der Waals surface area contributed by atoms with Crippen LogP contribution in [0.3, 0.4) is 0 Å². The van der Waals surface area contributed by atoms with Crippen LogP contribution in [0.15, 0.2) is 73.8 Å². The molecule has 24 heavy (non-hydrogen) atoms. The van der Waals surface area contributed by atoms with E-state index in [1.54, 1.807) is 36.4 Å². The third kappa shape index (κ3) is 3.60. The molecule has 0 aliphatic heterocycles. The lowest BCUT2D eigenvalue weighted by Crippen LogP contribution is -2.25. The minimum absolute atomic E-state index is 0.00343. The molecular weight excluding hydrogens is 302 g/mol. The maximum atomic E-state index is 13.0. The van der Waals surface area contributed by atoms with E-state index in [1.807, 2.05) is 17.0 Å². The van der Waals surface area contributed by atoms with E-state index in [4.69, 9.17) is 0 Å². The number of hydrogen-bond acceptors (Lipinski definition) is 3. The van der Waals surface area contributed by atoms with Gasteiger partial charge < -0.3 is 10.0 Å². The normalized spacial score (nSPS) is 10.0. The van der Waals surface area contributed by atoms with Gasteiger partial charge in [0.05, 0.1) is 5.56 Å². The van der Waals surface area contributed by atoms with Gasteiger partial charge in [-0.2, -0.15) is 0 Å². The van der Waals surface area contributed by atoms with Gasteiger partial charge in [-0.25, -0.2) is 4.79 Å². The Hall–Kier alpha value is -3.14. The number of aromatic carboxylic acids is 1. The van der Waals surface area contributed by atoms with Crippen molar-refractivity contribution in [3.8, 4) is 0 Å². The fourth-order valence-corrected chi connectivity index (χ4v) is 2.54. The van der Waals surface area contributed by atoms with Crippen LogP contribution in [-0.2, 0) is 0 Å². The SMILES string of the molecule is C=CCN(CC=C)c1ccccc1C(=O)c1ccccc1C(=O)O. The molecule has 0 saturated carbocycles. The number of carboxylic acids is 1. The molecule has 1 N–H and O–H groups in total. The van der Waals surface area contributed by atoms with Crippen molar-refractivity contribution in [2.24, 2.45) is 0 Å². The lowest BCUT2D eigenvalue weighted by Gasteiger charge is -2.24. The largest absolute Gasteiger partial charge is 0.478 e. The maximum Gasteiger partial charge on any atom is 0.336 e. The van der Waals surface area contributed by atoms with Crippen LogP contribution in [0.4, 0.5) is 5.69 Å². The molecule has 0 aliphatic carbocycles. The van der Waals surface area contributed by atoms with Crippen molar-refractivity contribution in [2.75, 3.05) is 18.0 Å². The predicted molar refractivity (Wildman–Crippen MR) is 95.9 cm³/mol. The van der Waals surface area contributed by atoms with Gasteiger partial charge in [0, 0.05) is 29.9 Å². The van der Waals surface area contributed by atoms with Crippen molar-refractivity contribution in [3.63, 3.8) is 0 Å². The highest BCUT2D eigenvalue weighted by atomic mass is 16.4. The summed E-state index contributed by atoms with van der Waals surface area (Å²) >= 11 is 0. The van der Waals surface area contributed by atoms with Crippen LogP contribution in [0.1, 0.15) is 26.3 Å². The van der Waals surface area contributed by atoms with Gasteiger partial charge in [0.15, 0.2) is 5.78 Å². The van der Waals surface area contributed by atoms with Crippen LogP contribution in [0, 0.1) is 0 Å². The molecule has 2 rings (SSSR count). The van der Waals surface area contributed by atoms with Crippen LogP contribution < -0.4 is 4.90 Å². The quantitative estimate of drug-likeness (QED) is 0.593. The van der Waals surface area contributed by atoms with Crippen LogP contribution in [0.5, 0.6) is 0 Å². The number of nitrogens with zero attached hydrogens (tertiary/aromatic N) is 1. The Labute approximate surface area is 141 Å². The number of ketones is 1. The Balaban J connectivity index is 2.53. The van der Waals surface area contributed by atoms with E-state index in [1.165, 1.54) is 12.1 Å². The first-order valence-corrected chi connectivity index (χ1v) is 7.53. The molecule has 0 atom stereocenters. The van der Waals surface area contributed by atoms with Crippen LogP contribution in [0.25, 0.3) is 0 Å². The lowest BCUT2D eigenvalue weighted by molar-refractivity contribution is 0.0693. The molecule has 2 aromatic carbocycles. The number of carbonyl (C=O) groups is 2. The van der Waals surface area contributed by atoms with Crippen LogP contribution in [-0.4, -0.2) is 29.9 Å². The summed E-state index contributed by atoms with van der Waals surface area (Å²) in [5, 5.41) is 9.32. The molecule has 4 nitrogen and oxygen atoms in total. The third-order valence-corrected chi connectivity index (χ3v) is 3.59. The number of carboxylic acid groups (broad SMARTS) is 1. The van der Waals surface area contributed by atoms with Gasteiger partial charge in [0.25, 0.3) is 0 Å². The molecule has 0 aromatic heterocycles. The standard InChI is InChI=1S/C20H19NO3/c1-3-13-21(14-4-2)18-12-8-7-11-17(18)19(22)15-9-5-6-10-16(15)20(23)24/h3-12H,1-2,13-14H2,(H,23,24). The number of para-hydroxylation sites is 1. The minimum atomic E-state index is -1.12. The highest BCUT2D eigenvalue weighted by Crippen LogP contribution is 2.25. The zero-order valence-corrected chi connectivity index (χ0v) is 13.3. The van der Waals surface area contributed by atoms with E-state index in [2.05, 4.69) is 13.2 Å². The van der Waals surface area contributed by atoms with Crippen molar-refractivity contribution in [1.29, 1.82) is 0 Å². The molecule has 0 fully saturated rings. The summed E-state index contributed by atoms with van der Waals surface area (Å²) in [4.78, 5) is 26.3. The second-order valence-corrected chi connectivity index (χ2v) is 5.18. The molecule has 122 valence electrons. The fourth-order valence-electron chi connectivity index (χ4n) is 2.54. The van der Waals surface area contributed by atoms with E-state index >= 15 is 0 Å². The Morgan fingerprint density at radius 3 is 1.92 bits per heavy atom. The topological polar surface area (TPSA) is 57.6 Å². The molecule has 0 bridgehead atoms. The van der Waals surface area contributed by atoms with E-state index in [0.717, 1.165) is 5.69 Å². The van der Waals surface area contributed by atoms with Gasteiger partial charge >= 0.3 is 5.97 Å². The second-order valence-electron chi connectivity index (χ2n) is 5.18. The molecular formula is C20H19NO3. The number of carbonyl (C=O) groups excluding carboxylic acids is 1. The first kappa shape index (κ1) is 17.2. The van der Waals surface area contributed by atoms with Gasteiger partial charge in [-0.1, -0.05) is 42.5 Å². The summed E-state index contributed by atoms with van der Waals surface area (Å²) in [6.07, 6.45) is 3.49. The Morgan fingerprint density at radius 2 is 1.38 bits per heavy atom. The highest BCUT2D eigenvalue weighted by Gasteiger charge is 2.21. The first-order valence-electron chi connectivity index (χ1n) is 7.53. The molecule has 0 saturated heterocycles. The monoisotopic (exact) mass is 321 g/mol. The van der Waals surface area contributed by atoms with Crippen molar-refractivity contribution >= 4 is 17.4 Å². The molecule has 4 heteroatoms. The number of benzene rings is 2. The van der Waals surface area contributed by atoms with Gasteiger partial charge in [-0.3, -0.25) is 4.79 Å². The Kier molecular flexibility index (Phi) is 5.68. The lowest BCUT2D eigenvalue weighted by atomic mass is 9.96.